The maximum atomic E-state index is 12.5. The molecule has 1 N–H and O–H groups in total. The summed E-state index contributed by atoms with van der Waals surface area (Å²) in [4.78, 5) is 22.3. The van der Waals surface area contributed by atoms with Gasteiger partial charge in [-0.05, 0) is 25.0 Å². The predicted molar refractivity (Wildman–Crippen MR) is 101 cm³/mol. The molecule has 0 aliphatic carbocycles. The first-order valence-corrected chi connectivity index (χ1v) is 10.2. The Labute approximate surface area is 159 Å². The van der Waals surface area contributed by atoms with E-state index in [9.17, 15) is 23.3 Å². The Morgan fingerprint density at radius 2 is 1.85 bits per heavy atom. The molecule has 0 unspecified atom stereocenters. The van der Waals surface area contributed by atoms with Crippen LogP contribution < -0.4 is 10.1 Å². The van der Waals surface area contributed by atoms with Crippen LogP contribution in [-0.2, 0) is 14.8 Å². The van der Waals surface area contributed by atoms with E-state index in [1.54, 1.807) is 13.8 Å². The Bertz CT molecular complexity index is 775. The third-order valence-corrected chi connectivity index (χ3v) is 6.26. The molecular weight excluding hydrogens is 374 g/mol. The highest BCUT2D eigenvalue weighted by Crippen LogP contribution is 2.30. The van der Waals surface area contributed by atoms with Crippen LogP contribution in [0.15, 0.2) is 23.1 Å². The van der Waals surface area contributed by atoms with Gasteiger partial charge in [-0.15, -0.1) is 0 Å². The number of carbonyl (C=O) groups excluding carboxylic acids is 1. The summed E-state index contributed by atoms with van der Waals surface area (Å²) in [5.41, 5.74) is -0.507. The highest BCUT2D eigenvalue weighted by molar-refractivity contribution is 7.89. The summed E-state index contributed by atoms with van der Waals surface area (Å²) in [5.74, 6) is -0.343. The summed E-state index contributed by atoms with van der Waals surface area (Å²) in [6, 6.07) is 3.33. The molecule has 0 aliphatic heterocycles. The van der Waals surface area contributed by atoms with Crippen molar-refractivity contribution >= 4 is 21.6 Å². The average molecular weight is 401 g/mol. The molecule has 0 saturated carbocycles. The quantitative estimate of drug-likeness (QED) is 0.474. The Kier molecular flexibility index (Phi) is 8.17. The number of nitrogens with one attached hydrogen (secondary N) is 1. The molecule has 1 atom stereocenters. The van der Waals surface area contributed by atoms with Crippen LogP contribution in [0.25, 0.3) is 0 Å². The van der Waals surface area contributed by atoms with Gasteiger partial charge in [-0.25, -0.2) is 8.42 Å². The molecule has 1 aromatic rings. The van der Waals surface area contributed by atoms with E-state index in [2.05, 4.69) is 5.32 Å². The normalized spacial score (nSPS) is 12.9. The molecule has 0 bridgehead atoms. The number of ether oxygens (including phenoxy) is 1. The summed E-state index contributed by atoms with van der Waals surface area (Å²) in [6.45, 7) is 9.21. The summed E-state index contributed by atoms with van der Waals surface area (Å²) in [6.07, 6.45) is 0. The Hall–Kier alpha value is -2.20. The van der Waals surface area contributed by atoms with E-state index >= 15 is 0 Å². The second-order valence-corrected chi connectivity index (χ2v) is 8.30. The highest BCUT2D eigenvalue weighted by Gasteiger charge is 2.26. The molecule has 1 aromatic carbocycles. The van der Waals surface area contributed by atoms with Gasteiger partial charge in [0.15, 0.2) is 12.4 Å². The lowest BCUT2D eigenvalue weighted by Crippen LogP contribution is -2.39. The van der Waals surface area contributed by atoms with Crippen molar-refractivity contribution in [2.45, 2.75) is 45.6 Å². The number of sulfonamides is 1. The fraction of sp³-hybridized carbons (Fsp3) is 0.588. The Morgan fingerprint density at radius 3 is 2.33 bits per heavy atom. The van der Waals surface area contributed by atoms with Crippen molar-refractivity contribution in [2.24, 2.45) is 5.92 Å². The van der Waals surface area contributed by atoms with E-state index in [4.69, 9.17) is 4.74 Å². The number of nitrogens with zero attached hydrogens (tertiary/aromatic N) is 2. The summed E-state index contributed by atoms with van der Waals surface area (Å²) in [7, 11) is -3.84. The third kappa shape index (κ3) is 5.90. The van der Waals surface area contributed by atoms with Crippen LogP contribution in [0.3, 0.4) is 0 Å². The number of nitro groups is 1. The lowest BCUT2D eigenvalue weighted by atomic mass is 10.1. The molecule has 0 spiro atoms. The first kappa shape index (κ1) is 22.8. The van der Waals surface area contributed by atoms with E-state index in [1.165, 1.54) is 16.4 Å². The minimum atomic E-state index is -3.84. The number of carbonyl (C=O) groups is 1. The number of amides is 1. The predicted octanol–water partition coefficient (Wildman–Crippen LogP) is 2.16. The van der Waals surface area contributed by atoms with Gasteiger partial charge in [0.2, 0.25) is 10.0 Å². The molecular formula is C17H27N3O6S. The smallest absolute Gasteiger partial charge is 0.312 e. The standard InChI is InChI=1S/C17H27N3O6S/c1-6-19(7-2)27(24,25)14-8-9-16(15(10-14)20(22)23)26-11-17(21)18-13(5)12(3)4/h8-10,12-13H,6-7,11H2,1-5H3,(H,18,21)/t13-/m0/s1. The van der Waals surface area contributed by atoms with Crippen LogP contribution in [0, 0.1) is 16.0 Å². The van der Waals surface area contributed by atoms with Gasteiger partial charge in [-0.3, -0.25) is 14.9 Å². The maximum absolute atomic E-state index is 12.5. The Balaban J connectivity index is 3.04. The number of rotatable bonds is 10. The van der Waals surface area contributed by atoms with Crippen molar-refractivity contribution < 1.29 is 22.9 Å². The lowest BCUT2D eigenvalue weighted by Gasteiger charge is -2.19. The molecule has 1 rings (SSSR count). The number of hydrogen-bond donors (Lipinski definition) is 1. The zero-order chi connectivity index (χ0) is 20.8. The summed E-state index contributed by atoms with van der Waals surface area (Å²) < 4.78 is 31.5. The first-order valence-electron chi connectivity index (χ1n) is 8.75. The van der Waals surface area contributed by atoms with Crippen LogP contribution in [0.4, 0.5) is 5.69 Å². The lowest BCUT2D eigenvalue weighted by molar-refractivity contribution is -0.386. The van der Waals surface area contributed by atoms with Gasteiger partial charge in [-0.1, -0.05) is 27.7 Å². The van der Waals surface area contributed by atoms with Crippen molar-refractivity contribution in [3.63, 3.8) is 0 Å². The number of nitro benzene ring substituents is 1. The SMILES string of the molecule is CCN(CC)S(=O)(=O)c1ccc(OCC(=O)N[C@@H](C)C(C)C)c([N+](=O)[O-])c1. The molecule has 0 fully saturated rings. The fourth-order valence-corrected chi connectivity index (χ4v) is 3.72. The van der Waals surface area contributed by atoms with Gasteiger partial charge in [0.05, 0.1) is 9.82 Å². The van der Waals surface area contributed by atoms with E-state index in [0.717, 1.165) is 6.07 Å². The largest absolute Gasteiger partial charge is 0.477 e. The fourth-order valence-electron chi connectivity index (χ4n) is 2.24. The van der Waals surface area contributed by atoms with Crippen molar-refractivity contribution in [1.29, 1.82) is 0 Å². The van der Waals surface area contributed by atoms with E-state index in [0.29, 0.717) is 0 Å². The van der Waals surface area contributed by atoms with Gasteiger partial charge < -0.3 is 10.1 Å². The maximum Gasteiger partial charge on any atom is 0.312 e. The molecule has 152 valence electrons. The van der Waals surface area contributed by atoms with Crippen LogP contribution in [0.2, 0.25) is 0 Å². The van der Waals surface area contributed by atoms with Gasteiger partial charge in [-0.2, -0.15) is 4.31 Å². The van der Waals surface area contributed by atoms with E-state index in [-0.39, 0.29) is 35.7 Å². The summed E-state index contributed by atoms with van der Waals surface area (Å²) >= 11 is 0. The van der Waals surface area contributed by atoms with Gasteiger partial charge >= 0.3 is 5.69 Å². The zero-order valence-electron chi connectivity index (χ0n) is 16.3. The van der Waals surface area contributed by atoms with Gasteiger partial charge in [0.25, 0.3) is 5.91 Å². The zero-order valence-corrected chi connectivity index (χ0v) is 17.1. The summed E-state index contributed by atoms with van der Waals surface area (Å²) in [5, 5.41) is 14.1. The molecule has 0 aromatic heterocycles. The second-order valence-electron chi connectivity index (χ2n) is 6.36. The van der Waals surface area contributed by atoms with Gasteiger partial charge in [0, 0.05) is 25.2 Å². The first-order chi connectivity index (χ1) is 12.5. The van der Waals surface area contributed by atoms with Gasteiger partial charge in [0.1, 0.15) is 0 Å². The minimum Gasteiger partial charge on any atom is -0.477 e. The number of benzene rings is 1. The third-order valence-electron chi connectivity index (χ3n) is 4.22. The van der Waals surface area contributed by atoms with Crippen LogP contribution >= 0.6 is 0 Å². The topological polar surface area (TPSA) is 119 Å². The molecule has 10 heteroatoms. The molecule has 9 nitrogen and oxygen atoms in total. The van der Waals surface area contributed by atoms with Crippen molar-refractivity contribution in [2.75, 3.05) is 19.7 Å². The molecule has 0 saturated heterocycles. The molecule has 0 heterocycles. The van der Waals surface area contributed by atoms with E-state index in [1.807, 2.05) is 20.8 Å². The van der Waals surface area contributed by atoms with Crippen molar-refractivity contribution in [3.8, 4) is 5.75 Å². The van der Waals surface area contributed by atoms with Crippen LogP contribution in [-0.4, -0.2) is 49.3 Å². The monoisotopic (exact) mass is 401 g/mol. The van der Waals surface area contributed by atoms with Crippen LogP contribution in [0.5, 0.6) is 5.75 Å². The van der Waals surface area contributed by atoms with Crippen LogP contribution in [0.1, 0.15) is 34.6 Å². The highest BCUT2D eigenvalue weighted by atomic mass is 32.2. The Morgan fingerprint density at radius 1 is 1.26 bits per heavy atom. The molecule has 1 amide bonds. The average Bonchev–Trinajstić information content (AvgIpc) is 2.60. The van der Waals surface area contributed by atoms with Crippen molar-refractivity contribution in [1.82, 2.24) is 9.62 Å². The number of hydrogen-bond acceptors (Lipinski definition) is 6. The van der Waals surface area contributed by atoms with E-state index < -0.39 is 33.1 Å². The van der Waals surface area contributed by atoms with Crippen molar-refractivity contribution in [3.05, 3.63) is 28.3 Å². The molecule has 0 aliphatic rings. The molecule has 27 heavy (non-hydrogen) atoms. The minimum absolute atomic E-state index is 0.0716. The molecule has 0 radical (unpaired) electrons. The second kappa shape index (κ2) is 9.65.